The summed E-state index contributed by atoms with van der Waals surface area (Å²) >= 11 is 0. The lowest BCUT2D eigenvalue weighted by molar-refractivity contribution is 0.277. The molecule has 0 spiro atoms. The fourth-order valence-corrected chi connectivity index (χ4v) is 1.47. The molecule has 78 valence electrons. The molecule has 1 N–H and O–H groups in total. The molecule has 1 aromatic heterocycles. The molecular weight excluding hydrogens is 197 g/mol. The highest BCUT2D eigenvalue weighted by Gasteiger charge is 2.08. The molecule has 0 aliphatic rings. The number of methoxy groups -OCH3 is 1. The number of halogens is 1. The van der Waals surface area contributed by atoms with E-state index in [9.17, 15) is 4.39 Å². The standard InChI is InChI=1S/C11H10FNO2/c1-15-10-5-3-7-2-4-9(12)8(6-14)11(7)13-10/h2-5,14H,6H2,1H3. The van der Waals surface area contributed by atoms with E-state index in [1.165, 1.54) is 13.2 Å². The van der Waals surface area contributed by atoms with Crippen molar-refractivity contribution in [1.29, 1.82) is 0 Å². The Hall–Kier alpha value is -1.68. The van der Waals surface area contributed by atoms with Gasteiger partial charge in [0.2, 0.25) is 5.88 Å². The Bertz CT molecular complexity index is 499. The van der Waals surface area contributed by atoms with Crippen LogP contribution < -0.4 is 4.74 Å². The van der Waals surface area contributed by atoms with E-state index >= 15 is 0 Å². The molecule has 0 fully saturated rings. The number of aliphatic hydroxyl groups is 1. The molecule has 3 nitrogen and oxygen atoms in total. The van der Waals surface area contributed by atoms with E-state index in [0.29, 0.717) is 11.4 Å². The van der Waals surface area contributed by atoms with Crippen molar-refractivity contribution in [2.75, 3.05) is 7.11 Å². The molecule has 1 heterocycles. The van der Waals surface area contributed by atoms with Gasteiger partial charge in [-0.25, -0.2) is 9.37 Å². The third-order valence-corrected chi connectivity index (χ3v) is 2.25. The van der Waals surface area contributed by atoms with Gasteiger partial charge in [0, 0.05) is 17.0 Å². The SMILES string of the molecule is COc1ccc2ccc(F)c(CO)c2n1. The Morgan fingerprint density at radius 1 is 1.33 bits per heavy atom. The van der Waals surface area contributed by atoms with Gasteiger partial charge in [-0.1, -0.05) is 0 Å². The van der Waals surface area contributed by atoms with Crippen LogP contribution in [0.5, 0.6) is 5.88 Å². The van der Waals surface area contributed by atoms with Crippen molar-refractivity contribution < 1.29 is 14.2 Å². The van der Waals surface area contributed by atoms with Crippen molar-refractivity contribution in [3.63, 3.8) is 0 Å². The van der Waals surface area contributed by atoms with E-state index in [4.69, 9.17) is 9.84 Å². The van der Waals surface area contributed by atoms with E-state index < -0.39 is 5.82 Å². The zero-order valence-corrected chi connectivity index (χ0v) is 8.20. The minimum absolute atomic E-state index is 0.200. The molecule has 0 aliphatic carbocycles. The molecule has 2 aromatic rings. The summed E-state index contributed by atoms with van der Waals surface area (Å²) in [5, 5.41) is 9.84. The van der Waals surface area contributed by atoms with E-state index in [1.54, 1.807) is 18.2 Å². The Morgan fingerprint density at radius 2 is 2.07 bits per heavy atom. The molecule has 0 saturated carbocycles. The first-order chi connectivity index (χ1) is 7.26. The maximum absolute atomic E-state index is 13.3. The molecule has 0 atom stereocenters. The lowest BCUT2D eigenvalue weighted by atomic mass is 10.1. The molecule has 0 radical (unpaired) electrons. The van der Waals surface area contributed by atoms with Crippen LogP contribution in [-0.4, -0.2) is 17.2 Å². The van der Waals surface area contributed by atoms with Crippen LogP contribution in [-0.2, 0) is 6.61 Å². The van der Waals surface area contributed by atoms with E-state index in [1.807, 2.05) is 0 Å². The van der Waals surface area contributed by atoms with Crippen LogP contribution >= 0.6 is 0 Å². The van der Waals surface area contributed by atoms with Crippen molar-refractivity contribution in [2.24, 2.45) is 0 Å². The number of aliphatic hydroxyl groups excluding tert-OH is 1. The van der Waals surface area contributed by atoms with Crippen LogP contribution in [0.4, 0.5) is 4.39 Å². The second kappa shape index (κ2) is 3.82. The minimum Gasteiger partial charge on any atom is -0.481 e. The van der Waals surface area contributed by atoms with Gasteiger partial charge < -0.3 is 9.84 Å². The number of benzene rings is 1. The van der Waals surface area contributed by atoms with Crippen molar-refractivity contribution >= 4 is 10.9 Å². The van der Waals surface area contributed by atoms with E-state index in [2.05, 4.69) is 4.98 Å². The number of fused-ring (bicyclic) bond motifs is 1. The fourth-order valence-electron chi connectivity index (χ4n) is 1.47. The normalized spacial score (nSPS) is 10.6. The summed E-state index contributed by atoms with van der Waals surface area (Å²) in [4.78, 5) is 4.10. The lowest BCUT2D eigenvalue weighted by Gasteiger charge is -2.06. The van der Waals surface area contributed by atoms with E-state index in [-0.39, 0.29) is 12.2 Å². The highest BCUT2D eigenvalue weighted by molar-refractivity contribution is 5.82. The summed E-state index contributed by atoms with van der Waals surface area (Å²) < 4.78 is 18.3. The van der Waals surface area contributed by atoms with Crippen LogP contribution in [0.2, 0.25) is 0 Å². The molecule has 0 bridgehead atoms. The molecular formula is C11H10FNO2. The Labute approximate surface area is 86.1 Å². The summed E-state index contributed by atoms with van der Waals surface area (Å²) in [7, 11) is 1.49. The molecule has 0 amide bonds. The zero-order valence-electron chi connectivity index (χ0n) is 8.20. The number of nitrogens with zero attached hydrogens (tertiary/aromatic N) is 1. The minimum atomic E-state index is -0.453. The molecule has 1 aromatic carbocycles. The highest BCUT2D eigenvalue weighted by Crippen LogP contribution is 2.22. The van der Waals surface area contributed by atoms with Gasteiger partial charge >= 0.3 is 0 Å². The van der Waals surface area contributed by atoms with E-state index in [0.717, 1.165) is 5.39 Å². The molecule has 0 unspecified atom stereocenters. The first-order valence-corrected chi connectivity index (χ1v) is 4.49. The predicted octanol–water partition coefficient (Wildman–Crippen LogP) is 1.87. The summed E-state index contributed by atoms with van der Waals surface area (Å²) in [6, 6.07) is 6.42. The quantitative estimate of drug-likeness (QED) is 0.817. The second-order valence-electron chi connectivity index (χ2n) is 3.11. The number of ether oxygens (including phenoxy) is 1. The fraction of sp³-hybridized carbons (Fsp3) is 0.182. The molecule has 4 heteroatoms. The average molecular weight is 207 g/mol. The molecule has 0 saturated heterocycles. The van der Waals surface area contributed by atoms with Crippen LogP contribution in [0.3, 0.4) is 0 Å². The maximum atomic E-state index is 13.3. The van der Waals surface area contributed by atoms with Gasteiger partial charge in [0.15, 0.2) is 0 Å². The van der Waals surface area contributed by atoms with Crippen molar-refractivity contribution in [3.05, 3.63) is 35.6 Å². The number of rotatable bonds is 2. The predicted molar refractivity (Wildman–Crippen MR) is 54.2 cm³/mol. The summed E-state index contributed by atoms with van der Waals surface area (Å²) in [6.45, 7) is -0.372. The summed E-state index contributed by atoms with van der Waals surface area (Å²) in [5.74, 6) is -0.0476. The van der Waals surface area contributed by atoms with Gasteiger partial charge in [0.05, 0.1) is 19.2 Å². The van der Waals surface area contributed by atoms with Gasteiger partial charge in [-0.05, 0) is 18.2 Å². The topological polar surface area (TPSA) is 42.4 Å². The average Bonchev–Trinajstić information content (AvgIpc) is 2.28. The second-order valence-corrected chi connectivity index (χ2v) is 3.11. The smallest absolute Gasteiger partial charge is 0.213 e. The molecule has 15 heavy (non-hydrogen) atoms. The highest BCUT2D eigenvalue weighted by atomic mass is 19.1. The lowest BCUT2D eigenvalue weighted by Crippen LogP contribution is -1.95. The first kappa shape index (κ1) is 9.86. The number of hydrogen-bond donors (Lipinski definition) is 1. The van der Waals surface area contributed by atoms with Crippen molar-refractivity contribution in [2.45, 2.75) is 6.61 Å². The summed E-state index contributed by atoms with van der Waals surface area (Å²) in [6.07, 6.45) is 0. The molecule has 2 rings (SSSR count). The Balaban J connectivity index is 2.76. The number of aromatic nitrogens is 1. The monoisotopic (exact) mass is 207 g/mol. The van der Waals surface area contributed by atoms with Gasteiger partial charge in [0.1, 0.15) is 5.82 Å². The molecule has 0 aliphatic heterocycles. The van der Waals surface area contributed by atoms with Gasteiger partial charge in [-0.15, -0.1) is 0 Å². The Morgan fingerprint density at radius 3 is 2.73 bits per heavy atom. The van der Waals surface area contributed by atoms with Crippen LogP contribution in [0, 0.1) is 5.82 Å². The van der Waals surface area contributed by atoms with Gasteiger partial charge in [-0.2, -0.15) is 0 Å². The van der Waals surface area contributed by atoms with Gasteiger partial charge in [-0.3, -0.25) is 0 Å². The maximum Gasteiger partial charge on any atom is 0.213 e. The number of hydrogen-bond acceptors (Lipinski definition) is 3. The third-order valence-electron chi connectivity index (χ3n) is 2.25. The number of pyridine rings is 1. The first-order valence-electron chi connectivity index (χ1n) is 4.49. The van der Waals surface area contributed by atoms with Crippen LogP contribution in [0.15, 0.2) is 24.3 Å². The zero-order chi connectivity index (χ0) is 10.8. The van der Waals surface area contributed by atoms with Crippen LogP contribution in [0.1, 0.15) is 5.56 Å². The largest absolute Gasteiger partial charge is 0.481 e. The van der Waals surface area contributed by atoms with Crippen molar-refractivity contribution in [1.82, 2.24) is 4.98 Å². The van der Waals surface area contributed by atoms with Crippen molar-refractivity contribution in [3.8, 4) is 5.88 Å². The Kier molecular flexibility index (Phi) is 2.51. The van der Waals surface area contributed by atoms with Crippen LogP contribution in [0.25, 0.3) is 10.9 Å². The third kappa shape index (κ3) is 1.64. The van der Waals surface area contributed by atoms with Gasteiger partial charge in [0.25, 0.3) is 0 Å². The summed E-state index contributed by atoms with van der Waals surface area (Å²) in [5.41, 5.74) is 0.642.